The van der Waals surface area contributed by atoms with Crippen molar-refractivity contribution in [1.29, 1.82) is 0 Å². The molecule has 1 nitrogen and oxygen atoms in total. The standard InChI is InChI=1S/C14H12F2O/c1-8-3-4-11(12(15)5-8)10-6-9(2)14(17)13(16)7-10/h3-7,17H,1-2H3. The molecule has 0 saturated heterocycles. The highest BCUT2D eigenvalue weighted by atomic mass is 19.1. The maximum Gasteiger partial charge on any atom is 0.165 e. The Morgan fingerprint density at radius 1 is 0.941 bits per heavy atom. The summed E-state index contributed by atoms with van der Waals surface area (Å²) in [6.45, 7) is 3.36. The maximum absolute atomic E-state index is 13.7. The highest BCUT2D eigenvalue weighted by molar-refractivity contribution is 5.66. The number of aryl methyl sites for hydroxylation is 2. The summed E-state index contributed by atoms with van der Waals surface area (Å²) in [6.07, 6.45) is 0. The van der Waals surface area contributed by atoms with Gasteiger partial charge in [-0.15, -0.1) is 0 Å². The summed E-state index contributed by atoms with van der Waals surface area (Å²) in [4.78, 5) is 0. The van der Waals surface area contributed by atoms with Gasteiger partial charge < -0.3 is 5.11 Å². The molecule has 2 aromatic rings. The summed E-state index contributed by atoms with van der Waals surface area (Å²) in [5, 5.41) is 9.32. The molecule has 0 atom stereocenters. The van der Waals surface area contributed by atoms with Crippen LogP contribution in [-0.4, -0.2) is 5.11 Å². The van der Waals surface area contributed by atoms with Gasteiger partial charge in [0, 0.05) is 5.56 Å². The van der Waals surface area contributed by atoms with Crippen LogP contribution in [0.15, 0.2) is 30.3 Å². The Hall–Kier alpha value is -1.90. The quantitative estimate of drug-likeness (QED) is 0.792. The number of hydrogen-bond donors (Lipinski definition) is 1. The van der Waals surface area contributed by atoms with Crippen LogP contribution in [0.2, 0.25) is 0 Å². The Kier molecular flexibility index (Phi) is 2.84. The van der Waals surface area contributed by atoms with E-state index >= 15 is 0 Å². The summed E-state index contributed by atoms with van der Waals surface area (Å²) in [6, 6.07) is 7.46. The molecule has 0 radical (unpaired) electrons. The minimum atomic E-state index is -0.736. The fourth-order valence-electron chi connectivity index (χ4n) is 1.75. The van der Waals surface area contributed by atoms with Crippen molar-refractivity contribution in [3.63, 3.8) is 0 Å². The predicted molar refractivity (Wildman–Crippen MR) is 62.9 cm³/mol. The van der Waals surface area contributed by atoms with Crippen molar-refractivity contribution in [1.82, 2.24) is 0 Å². The Labute approximate surface area is 98.3 Å². The van der Waals surface area contributed by atoms with Crippen molar-refractivity contribution < 1.29 is 13.9 Å². The van der Waals surface area contributed by atoms with E-state index in [0.717, 1.165) is 11.6 Å². The summed E-state index contributed by atoms with van der Waals surface area (Å²) >= 11 is 0. The molecule has 0 aliphatic heterocycles. The number of hydrogen-bond acceptors (Lipinski definition) is 1. The largest absolute Gasteiger partial charge is 0.505 e. The Morgan fingerprint density at radius 3 is 2.24 bits per heavy atom. The van der Waals surface area contributed by atoms with Crippen LogP contribution in [0.5, 0.6) is 5.75 Å². The average molecular weight is 234 g/mol. The minimum Gasteiger partial charge on any atom is -0.505 e. The highest BCUT2D eigenvalue weighted by Crippen LogP contribution is 2.30. The average Bonchev–Trinajstić information content (AvgIpc) is 2.25. The molecular weight excluding hydrogens is 222 g/mol. The number of aromatic hydroxyl groups is 1. The molecule has 0 aromatic heterocycles. The second-order valence-corrected chi connectivity index (χ2v) is 4.11. The predicted octanol–water partition coefficient (Wildman–Crippen LogP) is 3.95. The SMILES string of the molecule is Cc1ccc(-c2cc(C)c(O)c(F)c2)c(F)c1. The van der Waals surface area contributed by atoms with E-state index in [-0.39, 0.29) is 5.75 Å². The lowest BCUT2D eigenvalue weighted by molar-refractivity contribution is 0.428. The van der Waals surface area contributed by atoms with Gasteiger partial charge in [0.25, 0.3) is 0 Å². The fraction of sp³-hybridized carbons (Fsp3) is 0.143. The number of halogens is 2. The Bertz CT molecular complexity index is 553. The molecule has 0 spiro atoms. The number of phenols is 1. The third kappa shape index (κ3) is 2.13. The lowest BCUT2D eigenvalue weighted by Crippen LogP contribution is -1.89. The normalized spacial score (nSPS) is 10.6. The Morgan fingerprint density at radius 2 is 1.65 bits per heavy atom. The number of rotatable bonds is 1. The molecule has 0 aliphatic rings. The zero-order valence-corrected chi connectivity index (χ0v) is 9.59. The van der Waals surface area contributed by atoms with E-state index in [0.29, 0.717) is 16.7 Å². The van der Waals surface area contributed by atoms with Gasteiger partial charge in [-0.05, 0) is 48.7 Å². The molecule has 2 rings (SSSR count). The second kappa shape index (κ2) is 4.17. The van der Waals surface area contributed by atoms with Crippen LogP contribution >= 0.6 is 0 Å². The van der Waals surface area contributed by atoms with Crippen LogP contribution < -0.4 is 0 Å². The van der Waals surface area contributed by atoms with Gasteiger partial charge in [-0.25, -0.2) is 8.78 Å². The van der Waals surface area contributed by atoms with E-state index in [1.165, 1.54) is 6.07 Å². The topological polar surface area (TPSA) is 20.2 Å². The third-order valence-electron chi connectivity index (χ3n) is 2.69. The summed E-state index contributed by atoms with van der Waals surface area (Å²) in [5.41, 5.74) is 1.95. The molecule has 0 fully saturated rings. The maximum atomic E-state index is 13.7. The molecule has 88 valence electrons. The lowest BCUT2D eigenvalue weighted by Gasteiger charge is -2.07. The monoisotopic (exact) mass is 234 g/mol. The molecule has 2 aromatic carbocycles. The van der Waals surface area contributed by atoms with Gasteiger partial charge in [-0.1, -0.05) is 12.1 Å². The van der Waals surface area contributed by atoms with E-state index in [2.05, 4.69) is 0 Å². The van der Waals surface area contributed by atoms with Gasteiger partial charge in [0.1, 0.15) is 5.82 Å². The second-order valence-electron chi connectivity index (χ2n) is 4.11. The van der Waals surface area contributed by atoms with Gasteiger partial charge in [0.15, 0.2) is 11.6 Å². The van der Waals surface area contributed by atoms with E-state index in [4.69, 9.17) is 0 Å². The lowest BCUT2D eigenvalue weighted by atomic mass is 10.0. The highest BCUT2D eigenvalue weighted by Gasteiger charge is 2.11. The minimum absolute atomic E-state index is 0.331. The van der Waals surface area contributed by atoms with Gasteiger partial charge in [-0.3, -0.25) is 0 Å². The Balaban J connectivity index is 2.61. The van der Waals surface area contributed by atoms with Gasteiger partial charge in [0.05, 0.1) is 0 Å². The van der Waals surface area contributed by atoms with Gasteiger partial charge in [-0.2, -0.15) is 0 Å². The first kappa shape index (κ1) is 11.6. The molecule has 0 bridgehead atoms. The summed E-state index contributed by atoms with van der Waals surface area (Å²) in [7, 11) is 0. The first-order valence-electron chi connectivity index (χ1n) is 5.24. The number of benzene rings is 2. The third-order valence-corrected chi connectivity index (χ3v) is 2.69. The molecule has 0 amide bonds. The van der Waals surface area contributed by atoms with Crippen LogP contribution in [0.4, 0.5) is 8.78 Å². The zero-order chi connectivity index (χ0) is 12.6. The van der Waals surface area contributed by atoms with Crippen molar-refractivity contribution in [2.24, 2.45) is 0 Å². The van der Waals surface area contributed by atoms with Crippen molar-refractivity contribution in [2.45, 2.75) is 13.8 Å². The van der Waals surface area contributed by atoms with Crippen LogP contribution in [0.25, 0.3) is 11.1 Å². The molecular formula is C14H12F2O. The van der Waals surface area contributed by atoms with Crippen LogP contribution in [0.3, 0.4) is 0 Å². The van der Waals surface area contributed by atoms with Crippen molar-refractivity contribution >= 4 is 0 Å². The molecule has 0 unspecified atom stereocenters. The first-order valence-corrected chi connectivity index (χ1v) is 5.24. The van der Waals surface area contributed by atoms with Gasteiger partial charge in [0.2, 0.25) is 0 Å². The zero-order valence-electron chi connectivity index (χ0n) is 9.59. The first-order chi connectivity index (χ1) is 7.99. The summed E-state index contributed by atoms with van der Waals surface area (Å²) in [5.74, 6) is -1.52. The number of phenolic OH excluding ortho intramolecular Hbond substituents is 1. The van der Waals surface area contributed by atoms with Crippen LogP contribution in [0.1, 0.15) is 11.1 Å². The van der Waals surface area contributed by atoms with E-state index in [1.807, 2.05) is 0 Å². The van der Waals surface area contributed by atoms with Crippen molar-refractivity contribution in [3.8, 4) is 16.9 Å². The molecule has 0 aliphatic carbocycles. The molecule has 0 saturated carbocycles. The molecule has 1 N–H and O–H groups in total. The smallest absolute Gasteiger partial charge is 0.165 e. The van der Waals surface area contributed by atoms with Crippen molar-refractivity contribution in [2.75, 3.05) is 0 Å². The fourth-order valence-corrected chi connectivity index (χ4v) is 1.75. The van der Waals surface area contributed by atoms with Crippen LogP contribution in [-0.2, 0) is 0 Å². The van der Waals surface area contributed by atoms with E-state index in [9.17, 15) is 13.9 Å². The molecule has 17 heavy (non-hydrogen) atoms. The van der Waals surface area contributed by atoms with Crippen molar-refractivity contribution in [3.05, 3.63) is 53.1 Å². The molecule has 3 heteroatoms. The molecule has 0 heterocycles. The van der Waals surface area contributed by atoms with E-state index in [1.54, 1.807) is 32.0 Å². The van der Waals surface area contributed by atoms with E-state index < -0.39 is 11.6 Å². The van der Waals surface area contributed by atoms with Crippen LogP contribution in [0, 0.1) is 25.5 Å². The summed E-state index contributed by atoms with van der Waals surface area (Å²) < 4.78 is 27.1. The van der Waals surface area contributed by atoms with Gasteiger partial charge >= 0.3 is 0 Å².